The van der Waals surface area contributed by atoms with Crippen LogP contribution < -0.4 is 10.1 Å². The summed E-state index contributed by atoms with van der Waals surface area (Å²) in [5, 5.41) is 3.00. The standard InChI is InChI=1S/C23H30N2O2/c1-18-9-8-10-19(2)23(18)27-17-22(26)24-15-20-11-4-5-12-21(20)16-25-13-6-3-7-14-25/h4-5,8-12H,3,6-7,13-17H2,1-2H3,(H,24,26). The van der Waals surface area contributed by atoms with E-state index in [9.17, 15) is 4.79 Å². The highest BCUT2D eigenvalue weighted by molar-refractivity contribution is 5.77. The number of hydrogen-bond donors (Lipinski definition) is 1. The van der Waals surface area contributed by atoms with Gasteiger partial charge in [0.05, 0.1) is 0 Å². The number of para-hydroxylation sites is 1. The maximum absolute atomic E-state index is 12.3. The zero-order chi connectivity index (χ0) is 19.1. The Bertz CT molecular complexity index is 746. The molecule has 0 unspecified atom stereocenters. The molecule has 1 amide bonds. The number of carbonyl (C=O) groups excluding carboxylic acids is 1. The van der Waals surface area contributed by atoms with E-state index in [2.05, 4.69) is 28.4 Å². The first-order chi connectivity index (χ1) is 13.1. The molecule has 0 atom stereocenters. The van der Waals surface area contributed by atoms with Crippen LogP contribution >= 0.6 is 0 Å². The molecule has 0 radical (unpaired) electrons. The summed E-state index contributed by atoms with van der Waals surface area (Å²) in [6.07, 6.45) is 3.91. The molecule has 1 fully saturated rings. The van der Waals surface area contributed by atoms with Gasteiger partial charge in [-0.25, -0.2) is 0 Å². The van der Waals surface area contributed by atoms with Crippen LogP contribution in [-0.4, -0.2) is 30.5 Å². The third-order valence-corrected chi connectivity index (χ3v) is 5.19. The van der Waals surface area contributed by atoms with Gasteiger partial charge in [-0.15, -0.1) is 0 Å². The maximum atomic E-state index is 12.3. The van der Waals surface area contributed by atoms with Gasteiger partial charge in [0.25, 0.3) is 5.91 Å². The Hall–Kier alpha value is -2.33. The molecule has 4 heteroatoms. The van der Waals surface area contributed by atoms with Crippen molar-refractivity contribution in [1.82, 2.24) is 10.2 Å². The van der Waals surface area contributed by atoms with Crippen LogP contribution in [0, 0.1) is 13.8 Å². The second-order valence-corrected chi connectivity index (χ2v) is 7.39. The first kappa shape index (κ1) is 19.4. The van der Waals surface area contributed by atoms with E-state index in [1.54, 1.807) is 0 Å². The molecule has 1 N–H and O–H groups in total. The van der Waals surface area contributed by atoms with Crippen molar-refractivity contribution in [3.8, 4) is 5.75 Å². The molecule has 1 heterocycles. The number of hydrogen-bond acceptors (Lipinski definition) is 3. The summed E-state index contributed by atoms with van der Waals surface area (Å²) >= 11 is 0. The first-order valence-corrected chi connectivity index (χ1v) is 9.88. The Morgan fingerprint density at radius 1 is 0.963 bits per heavy atom. The average Bonchev–Trinajstić information content (AvgIpc) is 2.68. The van der Waals surface area contributed by atoms with Crippen molar-refractivity contribution in [3.63, 3.8) is 0 Å². The van der Waals surface area contributed by atoms with Crippen molar-refractivity contribution in [2.24, 2.45) is 0 Å². The summed E-state index contributed by atoms with van der Waals surface area (Å²) in [6, 6.07) is 14.4. The zero-order valence-electron chi connectivity index (χ0n) is 16.5. The number of nitrogens with one attached hydrogen (secondary N) is 1. The molecular formula is C23H30N2O2. The highest BCUT2D eigenvalue weighted by Gasteiger charge is 2.13. The van der Waals surface area contributed by atoms with E-state index in [4.69, 9.17) is 4.74 Å². The van der Waals surface area contributed by atoms with Gasteiger partial charge < -0.3 is 10.1 Å². The summed E-state index contributed by atoms with van der Waals surface area (Å²) in [5.74, 6) is 0.712. The van der Waals surface area contributed by atoms with Gasteiger partial charge in [-0.05, 0) is 62.0 Å². The fourth-order valence-electron chi connectivity index (χ4n) is 3.65. The second-order valence-electron chi connectivity index (χ2n) is 7.39. The third kappa shape index (κ3) is 5.57. The average molecular weight is 367 g/mol. The first-order valence-electron chi connectivity index (χ1n) is 9.88. The van der Waals surface area contributed by atoms with Crippen LogP contribution in [-0.2, 0) is 17.9 Å². The number of amides is 1. The van der Waals surface area contributed by atoms with Gasteiger partial charge in [0.1, 0.15) is 5.75 Å². The van der Waals surface area contributed by atoms with E-state index in [0.717, 1.165) is 23.4 Å². The summed E-state index contributed by atoms with van der Waals surface area (Å²) < 4.78 is 5.75. The summed E-state index contributed by atoms with van der Waals surface area (Å²) in [6.45, 7) is 7.88. The van der Waals surface area contributed by atoms with Crippen LogP contribution in [0.5, 0.6) is 5.75 Å². The summed E-state index contributed by atoms with van der Waals surface area (Å²) in [4.78, 5) is 14.8. The number of likely N-dealkylation sites (tertiary alicyclic amines) is 1. The van der Waals surface area contributed by atoms with E-state index < -0.39 is 0 Å². The minimum absolute atomic E-state index is 0.0417. The van der Waals surface area contributed by atoms with E-state index in [-0.39, 0.29) is 12.5 Å². The Balaban J connectivity index is 1.52. The molecule has 1 saturated heterocycles. The summed E-state index contributed by atoms with van der Waals surface area (Å²) in [7, 11) is 0. The van der Waals surface area contributed by atoms with E-state index in [1.165, 1.54) is 43.5 Å². The Labute approximate surface area is 162 Å². The molecule has 0 aliphatic carbocycles. The van der Waals surface area contributed by atoms with Gasteiger partial charge in [-0.3, -0.25) is 9.69 Å². The molecule has 0 aromatic heterocycles. The summed E-state index contributed by atoms with van der Waals surface area (Å²) in [5.41, 5.74) is 4.59. The Kier molecular flexibility index (Phi) is 6.88. The molecule has 0 spiro atoms. The molecule has 1 aliphatic rings. The molecule has 4 nitrogen and oxygen atoms in total. The van der Waals surface area contributed by atoms with Crippen LogP contribution in [0.15, 0.2) is 42.5 Å². The lowest BCUT2D eigenvalue weighted by molar-refractivity contribution is -0.123. The SMILES string of the molecule is Cc1cccc(C)c1OCC(=O)NCc1ccccc1CN1CCCCC1. The van der Waals surface area contributed by atoms with Crippen molar-refractivity contribution >= 4 is 5.91 Å². The van der Waals surface area contributed by atoms with Crippen molar-refractivity contribution in [1.29, 1.82) is 0 Å². The maximum Gasteiger partial charge on any atom is 0.258 e. The monoisotopic (exact) mass is 366 g/mol. The van der Waals surface area contributed by atoms with Gasteiger partial charge in [-0.2, -0.15) is 0 Å². The van der Waals surface area contributed by atoms with Crippen LogP contribution in [0.2, 0.25) is 0 Å². The largest absolute Gasteiger partial charge is 0.483 e. The third-order valence-electron chi connectivity index (χ3n) is 5.19. The van der Waals surface area contributed by atoms with Crippen molar-refractivity contribution < 1.29 is 9.53 Å². The van der Waals surface area contributed by atoms with Gasteiger partial charge in [0, 0.05) is 13.1 Å². The van der Waals surface area contributed by atoms with Crippen LogP contribution in [0.4, 0.5) is 0 Å². The van der Waals surface area contributed by atoms with Gasteiger partial charge in [0.15, 0.2) is 6.61 Å². The van der Waals surface area contributed by atoms with Crippen molar-refractivity contribution in [3.05, 3.63) is 64.7 Å². The Morgan fingerprint density at radius 2 is 1.63 bits per heavy atom. The molecule has 2 aromatic rings. The minimum Gasteiger partial charge on any atom is -0.483 e. The van der Waals surface area contributed by atoms with Crippen molar-refractivity contribution in [2.75, 3.05) is 19.7 Å². The van der Waals surface area contributed by atoms with E-state index in [1.807, 2.05) is 38.1 Å². The minimum atomic E-state index is -0.0922. The van der Waals surface area contributed by atoms with E-state index >= 15 is 0 Å². The number of aryl methyl sites for hydroxylation is 2. The fourth-order valence-corrected chi connectivity index (χ4v) is 3.65. The lowest BCUT2D eigenvalue weighted by Crippen LogP contribution is -2.31. The molecule has 1 aliphatic heterocycles. The molecule has 0 saturated carbocycles. The number of rotatable bonds is 7. The zero-order valence-corrected chi connectivity index (χ0v) is 16.5. The quantitative estimate of drug-likeness (QED) is 0.806. The molecule has 27 heavy (non-hydrogen) atoms. The Morgan fingerprint density at radius 3 is 2.33 bits per heavy atom. The molecular weight excluding hydrogens is 336 g/mol. The lowest BCUT2D eigenvalue weighted by Gasteiger charge is -2.27. The molecule has 2 aromatic carbocycles. The van der Waals surface area contributed by atoms with Crippen LogP contribution in [0.1, 0.15) is 41.5 Å². The van der Waals surface area contributed by atoms with Crippen molar-refractivity contribution in [2.45, 2.75) is 46.2 Å². The molecule has 0 bridgehead atoms. The number of benzene rings is 2. The predicted octanol–water partition coefficient (Wildman–Crippen LogP) is 3.98. The van der Waals surface area contributed by atoms with Crippen LogP contribution in [0.3, 0.4) is 0 Å². The van der Waals surface area contributed by atoms with E-state index in [0.29, 0.717) is 6.54 Å². The highest BCUT2D eigenvalue weighted by atomic mass is 16.5. The molecule has 3 rings (SSSR count). The number of carbonyl (C=O) groups is 1. The normalized spacial score (nSPS) is 14.7. The van der Waals surface area contributed by atoms with Gasteiger partial charge >= 0.3 is 0 Å². The fraction of sp³-hybridized carbons (Fsp3) is 0.435. The smallest absolute Gasteiger partial charge is 0.258 e. The highest BCUT2D eigenvalue weighted by Crippen LogP contribution is 2.22. The number of piperidine rings is 1. The topological polar surface area (TPSA) is 41.6 Å². The van der Waals surface area contributed by atoms with Crippen LogP contribution in [0.25, 0.3) is 0 Å². The number of ether oxygens (including phenoxy) is 1. The van der Waals surface area contributed by atoms with Gasteiger partial charge in [0.2, 0.25) is 0 Å². The second kappa shape index (κ2) is 9.56. The lowest BCUT2D eigenvalue weighted by atomic mass is 10.0. The number of nitrogens with zero attached hydrogens (tertiary/aromatic N) is 1. The van der Waals surface area contributed by atoms with Gasteiger partial charge in [-0.1, -0.05) is 48.9 Å². The molecule has 144 valence electrons. The predicted molar refractivity (Wildman–Crippen MR) is 109 cm³/mol.